The Hall–Kier alpha value is -3.40. The van der Waals surface area contributed by atoms with Crippen LogP contribution in [0.1, 0.15) is 12.8 Å². The molecule has 1 aromatic heterocycles. The maximum absolute atomic E-state index is 13.2. The average Bonchev–Trinajstić information content (AvgIpc) is 3.37. The number of halogens is 2. The van der Waals surface area contributed by atoms with Crippen molar-refractivity contribution in [3.8, 4) is 5.75 Å². The quantitative estimate of drug-likeness (QED) is 0.302. The lowest BCUT2D eigenvalue weighted by Gasteiger charge is -2.23. The predicted octanol–water partition coefficient (Wildman–Crippen LogP) is 4.82. The van der Waals surface area contributed by atoms with Crippen LogP contribution in [0.3, 0.4) is 0 Å². The number of likely N-dealkylation sites (tertiary alicyclic amines) is 1. The van der Waals surface area contributed by atoms with Gasteiger partial charge >= 0.3 is 0 Å². The SMILES string of the molecule is C=CC(=O)N1CCC[C@H]1C(=O)Nc1cc2c(Nc3ccc(Cl)c(Cl)c3)ncnc2cc1OCCOC. The molecule has 36 heavy (non-hydrogen) atoms. The van der Waals surface area contributed by atoms with Crippen LogP contribution in [0.15, 0.2) is 49.3 Å². The molecular formula is C25H25Cl2N5O4. The zero-order chi connectivity index (χ0) is 25.7. The van der Waals surface area contributed by atoms with Crippen LogP contribution >= 0.6 is 23.2 Å². The van der Waals surface area contributed by atoms with Crippen molar-refractivity contribution in [3.05, 3.63) is 59.4 Å². The average molecular weight is 530 g/mol. The number of anilines is 3. The number of aromatic nitrogens is 2. The van der Waals surface area contributed by atoms with E-state index in [2.05, 4.69) is 27.2 Å². The fourth-order valence-corrected chi connectivity index (χ4v) is 4.28. The van der Waals surface area contributed by atoms with E-state index < -0.39 is 6.04 Å². The molecule has 3 aromatic rings. The van der Waals surface area contributed by atoms with E-state index in [4.69, 9.17) is 32.7 Å². The second-order valence-corrected chi connectivity index (χ2v) is 8.88. The highest BCUT2D eigenvalue weighted by molar-refractivity contribution is 6.42. The minimum absolute atomic E-state index is 0.273. The smallest absolute Gasteiger partial charge is 0.247 e. The Labute approximate surface area is 218 Å². The molecule has 1 aliphatic heterocycles. The zero-order valence-electron chi connectivity index (χ0n) is 19.6. The molecule has 1 atom stereocenters. The van der Waals surface area contributed by atoms with Crippen LogP contribution in [0.2, 0.25) is 10.0 Å². The lowest BCUT2D eigenvalue weighted by Crippen LogP contribution is -2.42. The van der Waals surface area contributed by atoms with Gasteiger partial charge in [-0.1, -0.05) is 29.8 Å². The zero-order valence-corrected chi connectivity index (χ0v) is 21.1. The van der Waals surface area contributed by atoms with Crippen molar-refractivity contribution in [2.45, 2.75) is 18.9 Å². The van der Waals surface area contributed by atoms with Crippen LogP contribution in [0.4, 0.5) is 17.2 Å². The molecule has 1 saturated heterocycles. The highest BCUT2D eigenvalue weighted by Crippen LogP contribution is 2.35. The number of rotatable bonds is 9. The van der Waals surface area contributed by atoms with E-state index in [0.717, 1.165) is 6.42 Å². The van der Waals surface area contributed by atoms with Crippen molar-refractivity contribution in [2.75, 3.05) is 37.5 Å². The molecule has 0 unspecified atom stereocenters. The van der Waals surface area contributed by atoms with Crippen LogP contribution in [-0.4, -0.2) is 59.6 Å². The van der Waals surface area contributed by atoms with Gasteiger partial charge in [-0.3, -0.25) is 9.59 Å². The molecule has 0 radical (unpaired) electrons. The summed E-state index contributed by atoms with van der Waals surface area (Å²) in [6, 6.07) is 8.01. The number of hydrogen-bond donors (Lipinski definition) is 2. The molecule has 11 heteroatoms. The van der Waals surface area contributed by atoms with Crippen LogP contribution in [0, 0.1) is 0 Å². The van der Waals surface area contributed by atoms with Gasteiger partial charge in [0.05, 0.1) is 27.9 Å². The van der Waals surface area contributed by atoms with Gasteiger partial charge in [-0.25, -0.2) is 9.97 Å². The Bertz CT molecular complexity index is 1300. The summed E-state index contributed by atoms with van der Waals surface area (Å²) in [7, 11) is 1.58. The van der Waals surface area contributed by atoms with E-state index in [1.54, 1.807) is 37.4 Å². The van der Waals surface area contributed by atoms with Gasteiger partial charge in [-0.15, -0.1) is 0 Å². The Kier molecular flexibility index (Phi) is 8.25. The standard InChI is InChI=1S/C25H25Cl2N5O4/c1-3-23(33)32-8-4-5-21(32)25(34)31-20-12-16-19(13-22(20)36-10-9-35-2)28-14-29-24(16)30-15-6-7-17(26)18(27)11-15/h3,6-7,11-14,21H,1,4-5,8-10H2,2H3,(H,31,34)(H,28,29,30)/t21-/m0/s1. The summed E-state index contributed by atoms with van der Waals surface area (Å²) < 4.78 is 11.0. The van der Waals surface area contributed by atoms with Crippen LogP contribution in [0.25, 0.3) is 10.9 Å². The summed E-state index contributed by atoms with van der Waals surface area (Å²) in [6.45, 7) is 4.68. The van der Waals surface area contributed by atoms with Crippen LogP contribution in [0.5, 0.6) is 5.75 Å². The van der Waals surface area contributed by atoms with E-state index in [9.17, 15) is 9.59 Å². The Morgan fingerprint density at radius 2 is 2.03 bits per heavy atom. The van der Waals surface area contributed by atoms with Gasteiger partial charge < -0.3 is 25.0 Å². The third kappa shape index (κ3) is 5.70. The van der Waals surface area contributed by atoms with Crippen molar-refractivity contribution >= 4 is 63.1 Å². The second kappa shape index (κ2) is 11.6. The summed E-state index contributed by atoms with van der Waals surface area (Å²) in [5.41, 5.74) is 1.70. The van der Waals surface area contributed by atoms with E-state index in [0.29, 0.717) is 63.5 Å². The number of fused-ring (bicyclic) bond motifs is 1. The normalized spacial score (nSPS) is 15.1. The number of hydrogen-bond acceptors (Lipinski definition) is 7. The van der Waals surface area contributed by atoms with Crippen molar-refractivity contribution in [1.82, 2.24) is 14.9 Å². The maximum Gasteiger partial charge on any atom is 0.247 e. The van der Waals surface area contributed by atoms with E-state index >= 15 is 0 Å². The number of nitrogens with one attached hydrogen (secondary N) is 2. The second-order valence-electron chi connectivity index (χ2n) is 8.07. The number of benzene rings is 2. The third-order valence-corrected chi connectivity index (χ3v) is 6.47. The van der Waals surface area contributed by atoms with Crippen molar-refractivity contribution < 1.29 is 19.1 Å². The predicted molar refractivity (Wildman–Crippen MR) is 140 cm³/mol. The fourth-order valence-electron chi connectivity index (χ4n) is 3.98. The van der Waals surface area contributed by atoms with Crippen LogP contribution < -0.4 is 15.4 Å². The number of amides is 2. The maximum atomic E-state index is 13.2. The Morgan fingerprint density at radius 3 is 2.78 bits per heavy atom. The molecule has 2 amide bonds. The summed E-state index contributed by atoms with van der Waals surface area (Å²) in [5, 5.41) is 7.63. The first kappa shape index (κ1) is 25.7. The highest BCUT2D eigenvalue weighted by Gasteiger charge is 2.33. The monoisotopic (exact) mass is 529 g/mol. The van der Waals surface area contributed by atoms with Crippen molar-refractivity contribution in [3.63, 3.8) is 0 Å². The molecule has 0 saturated carbocycles. The lowest BCUT2D eigenvalue weighted by molar-refractivity contribution is -0.132. The minimum Gasteiger partial charge on any atom is -0.489 e. The summed E-state index contributed by atoms with van der Waals surface area (Å²) in [5.74, 6) is 0.340. The van der Waals surface area contributed by atoms with Gasteiger partial charge in [-0.05, 0) is 43.2 Å². The molecule has 9 nitrogen and oxygen atoms in total. The Balaban J connectivity index is 1.69. The Morgan fingerprint density at radius 1 is 1.19 bits per heavy atom. The molecule has 2 N–H and O–H groups in total. The largest absolute Gasteiger partial charge is 0.489 e. The van der Waals surface area contributed by atoms with E-state index in [1.165, 1.54) is 17.3 Å². The molecule has 188 valence electrons. The first-order valence-corrected chi connectivity index (χ1v) is 12.0. The molecule has 1 aliphatic rings. The first-order valence-electron chi connectivity index (χ1n) is 11.3. The molecule has 0 spiro atoms. The summed E-state index contributed by atoms with van der Waals surface area (Å²) in [4.78, 5) is 35.7. The number of ether oxygens (including phenoxy) is 2. The van der Waals surface area contributed by atoms with E-state index in [-0.39, 0.29) is 18.4 Å². The molecule has 2 heterocycles. The lowest BCUT2D eigenvalue weighted by atomic mass is 10.1. The van der Waals surface area contributed by atoms with Gasteiger partial charge in [0.1, 0.15) is 30.5 Å². The minimum atomic E-state index is -0.598. The molecule has 2 aromatic carbocycles. The number of methoxy groups -OCH3 is 1. The number of nitrogens with zero attached hydrogens (tertiary/aromatic N) is 3. The van der Waals surface area contributed by atoms with Crippen LogP contribution in [-0.2, 0) is 14.3 Å². The molecule has 4 rings (SSSR count). The fraction of sp³-hybridized carbons (Fsp3) is 0.280. The summed E-state index contributed by atoms with van der Waals surface area (Å²) >= 11 is 12.2. The van der Waals surface area contributed by atoms with Gasteiger partial charge in [0.25, 0.3) is 0 Å². The van der Waals surface area contributed by atoms with Crippen molar-refractivity contribution in [2.24, 2.45) is 0 Å². The number of carbonyl (C=O) groups excluding carboxylic acids is 2. The van der Waals surface area contributed by atoms with Gasteiger partial charge in [-0.2, -0.15) is 0 Å². The highest BCUT2D eigenvalue weighted by atomic mass is 35.5. The molecule has 0 aliphatic carbocycles. The molecule has 0 bridgehead atoms. The topological polar surface area (TPSA) is 106 Å². The molecular weight excluding hydrogens is 505 g/mol. The van der Waals surface area contributed by atoms with Gasteiger partial charge in [0.15, 0.2) is 0 Å². The van der Waals surface area contributed by atoms with Gasteiger partial charge in [0.2, 0.25) is 11.8 Å². The van der Waals surface area contributed by atoms with Crippen molar-refractivity contribution in [1.29, 1.82) is 0 Å². The first-order chi connectivity index (χ1) is 17.4. The summed E-state index contributed by atoms with van der Waals surface area (Å²) in [6.07, 6.45) is 3.94. The molecule has 1 fully saturated rings. The van der Waals surface area contributed by atoms with E-state index in [1.807, 2.05) is 0 Å². The third-order valence-electron chi connectivity index (χ3n) is 5.74. The van der Waals surface area contributed by atoms with Gasteiger partial charge in [0, 0.05) is 30.8 Å². The number of carbonyl (C=O) groups is 2.